The van der Waals surface area contributed by atoms with Crippen LogP contribution in [0.25, 0.3) is 0 Å². The number of hydrogen-bond donors (Lipinski definition) is 2. The van der Waals surface area contributed by atoms with E-state index in [1.165, 1.54) is 0 Å². The van der Waals surface area contributed by atoms with E-state index in [4.69, 9.17) is 15.2 Å². The number of esters is 1. The van der Waals surface area contributed by atoms with Crippen LogP contribution in [0, 0.1) is 0 Å². The summed E-state index contributed by atoms with van der Waals surface area (Å²) >= 11 is 0. The van der Waals surface area contributed by atoms with Gasteiger partial charge in [0, 0.05) is 0 Å². The van der Waals surface area contributed by atoms with Gasteiger partial charge in [0.15, 0.2) is 0 Å². The summed E-state index contributed by atoms with van der Waals surface area (Å²) in [4.78, 5) is 23.2. The van der Waals surface area contributed by atoms with Crippen LogP contribution in [0.1, 0.15) is 46.0 Å². The van der Waals surface area contributed by atoms with Gasteiger partial charge < -0.3 is 20.5 Å². The Morgan fingerprint density at radius 2 is 1.89 bits per heavy atom. The lowest BCUT2D eigenvalue weighted by molar-refractivity contribution is -0.145. The highest BCUT2D eigenvalue weighted by molar-refractivity contribution is 5.81. The maximum Gasteiger partial charge on any atom is 0.407 e. The van der Waals surface area contributed by atoms with Crippen LogP contribution in [0.15, 0.2) is 0 Å². The summed E-state index contributed by atoms with van der Waals surface area (Å²) < 4.78 is 9.89. The summed E-state index contributed by atoms with van der Waals surface area (Å²) in [6, 6.07) is -0.652. The third-order valence-corrected chi connectivity index (χ3v) is 2.54. The van der Waals surface area contributed by atoms with E-state index in [1.54, 1.807) is 6.92 Å². The molecule has 0 saturated heterocycles. The molecule has 6 heteroatoms. The number of nitrogens with one attached hydrogen (secondary N) is 1. The van der Waals surface area contributed by atoms with E-state index in [0.29, 0.717) is 26.2 Å². The molecular weight excluding hydrogens is 248 g/mol. The zero-order chi connectivity index (χ0) is 14.5. The highest BCUT2D eigenvalue weighted by Gasteiger charge is 2.22. The van der Waals surface area contributed by atoms with Gasteiger partial charge in [0.05, 0.1) is 13.2 Å². The fourth-order valence-corrected chi connectivity index (χ4v) is 1.48. The van der Waals surface area contributed by atoms with E-state index in [0.717, 1.165) is 25.7 Å². The molecule has 3 N–H and O–H groups in total. The lowest BCUT2D eigenvalue weighted by atomic mass is 10.1. The molecule has 0 aliphatic heterocycles. The molecule has 0 spiro atoms. The molecule has 0 aliphatic carbocycles. The summed E-state index contributed by atoms with van der Waals surface area (Å²) in [6.07, 6.45) is 3.27. The van der Waals surface area contributed by atoms with Gasteiger partial charge in [-0.3, -0.25) is 0 Å². The van der Waals surface area contributed by atoms with Crippen LogP contribution in [0.2, 0.25) is 0 Å². The maximum absolute atomic E-state index is 11.7. The lowest BCUT2D eigenvalue weighted by Gasteiger charge is -2.17. The van der Waals surface area contributed by atoms with Crippen molar-refractivity contribution in [3.63, 3.8) is 0 Å². The van der Waals surface area contributed by atoms with Crippen LogP contribution < -0.4 is 11.1 Å². The second kappa shape index (κ2) is 11.8. The number of hydrogen-bond acceptors (Lipinski definition) is 5. The molecule has 0 unspecified atom stereocenters. The molecule has 0 rings (SSSR count). The molecule has 0 bridgehead atoms. The normalized spacial score (nSPS) is 11.7. The van der Waals surface area contributed by atoms with Crippen LogP contribution in [-0.2, 0) is 14.3 Å². The minimum Gasteiger partial charge on any atom is -0.464 e. The smallest absolute Gasteiger partial charge is 0.407 e. The van der Waals surface area contributed by atoms with Gasteiger partial charge in [0.1, 0.15) is 6.04 Å². The molecule has 0 heterocycles. The highest BCUT2D eigenvalue weighted by atomic mass is 16.6. The number of nitrogens with two attached hydrogens (primary N) is 1. The number of carbonyl (C=O) groups is 2. The first kappa shape index (κ1) is 17.7. The molecule has 0 aromatic rings. The molecule has 0 radical (unpaired) electrons. The van der Waals surface area contributed by atoms with Crippen molar-refractivity contribution in [2.45, 2.75) is 52.0 Å². The average Bonchev–Trinajstić information content (AvgIpc) is 2.38. The van der Waals surface area contributed by atoms with E-state index >= 15 is 0 Å². The third-order valence-electron chi connectivity index (χ3n) is 2.54. The number of amides is 1. The number of carbonyl (C=O) groups excluding carboxylic acids is 2. The van der Waals surface area contributed by atoms with E-state index in [-0.39, 0.29) is 0 Å². The molecule has 0 aliphatic rings. The van der Waals surface area contributed by atoms with E-state index in [2.05, 4.69) is 5.32 Å². The van der Waals surface area contributed by atoms with Crippen molar-refractivity contribution >= 4 is 12.1 Å². The Balaban J connectivity index is 4.15. The SMILES string of the molecule is CCCCOC(=O)N[C@@H](CCCCN)C(=O)OCC. The Morgan fingerprint density at radius 1 is 1.16 bits per heavy atom. The summed E-state index contributed by atoms with van der Waals surface area (Å²) in [5, 5.41) is 2.54. The third kappa shape index (κ3) is 9.30. The highest BCUT2D eigenvalue weighted by Crippen LogP contribution is 2.03. The van der Waals surface area contributed by atoms with E-state index in [9.17, 15) is 9.59 Å². The second-order valence-electron chi connectivity index (χ2n) is 4.22. The number of alkyl carbamates (subject to hydrolysis) is 1. The van der Waals surface area contributed by atoms with Crippen molar-refractivity contribution in [2.75, 3.05) is 19.8 Å². The van der Waals surface area contributed by atoms with Crippen LogP contribution in [0.4, 0.5) is 4.79 Å². The molecule has 0 aromatic heterocycles. The first-order valence-electron chi connectivity index (χ1n) is 6.95. The minimum atomic E-state index is -0.652. The Labute approximate surface area is 115 Å². The monoisotopic (exact) mass is 274 g/mol. The van der Waals surface area contributed by atoms with Crippen molar-refractivity contribution in [3.05, 3.63) is 0 Å². The molecular formula is C13H26N2O4. The van der Waals surface area contributed by atoms with Gasteiger partial charge in [-0.25, -0.2) is 9.59 Å². The Morgan fingerprint density at radius 3 is 2.47 bits per heavy atom. The second-order valence-corrected chi connectivity index (χ2v) is 4.22. The van der Waals surface area contributed by atoms with Gasteiger partial charge in [-0.15, -0.1) is 0 Å². The summed E-state index contributed by atoms with van der Waals surface area (Å²) in [7, 11) is 0. The van der Waals surface area contributed by atoms with Gasteiger partial charge in [0.25, 0.3) is 0 Å². The topological polar surface area (TPSA) is 90.6 Å². The number of rotatable bonds is 10. The molecule has 0 aromatic carbocycles. The van der Waals surface area contributed by atoms with E-state index < -0.39 is 18.1 Å². The van der Waals surface area contributed by atoms with Crippen LogP contribution >= 0.6 is 0 Å². The number of unbranched alkanes of at least 4 members (excludes halogenated alkanes) is 2. The summed E-state index contributed by atoms with van der Waals surface area (Å²) in [6.45, 7) is 4.96. The minimum absolute atomic E-state index is 0.290. The van der Waals surface area contributed by atoms with Gasteiger partial charge in [-0.2, -0.15) is 0 Å². The number of ether oxygens (including phenoxy) is 2. The Hall–Kier alpha value is -1.30. The Bertz CT molecular complexity index is 259. The van der Waals surface area contributed by atoms with Gasteiger partial charge in [-0.1, -0.05) is 13.3 Å². The van der Waals surface area contributed by atoms with Crippen molar-refractivity contribution in [3.8, 4) is 0 Å². The van der Waals surface area contributed by atoms with Crippen LogP contribution in [0.3, 0.4) is 0 Å². The summed E-state index contributed by atoms with van der Waals surface area (Å²) in [5.74, 6) is -0.424. The lowest BCUT2D eigenvalue weighted by Crippen LogP contribution is -2.42. The maximum atomic E-state index is 11.7. The first-order valence-corrected chi connectivity index (χ1v) is 6.95. The van der Waals surface area contributed by atoms with Crippen LogP contribution in [0.5, 0.6) is 0 Å². The fraction of sp³-hybridized carbons (Fsp3) is 0.846. The molecule has 1 amide bonds. The van der Waals surface area contributed by atoms with Gasteiger partial charge in [-0.05, 0) is 39.2 Å². The summed E-state index contributed by atoms with van der Waals surface area (Å²) in [5.41, 5.74) is 5.40. The first-order chi connectivity index (χ1) is 9.15. The predicted octanol–water partition coefficient (Wildman–Crippen LogP) is 1.57. The predicted molar refractivity (Wildman–Crippen MR) is 72.7 cm³/mol. The molecule has 6 nitrogen and oxygen atoms in total. The quantitative estimate of drug-likeness (QED) is 0.466. The van der Waals surface area contributed by atoms with Gasteiger partial charge >= 0.3 is 12.1 Å². The zero-order valence-corrected chi connectivity index (χ0v) is 11.9. The molecule has 112 valence electrons. The molecule has 1 atom stereocenters. The van der Waals surface area contributed by atoms with Crippen molar-refractivity contribution < 1.29 is 19.1 Å². The van der Waals surface area contributed by atoms with Crippen molar-refractivity contribution in [1.29, 1.82) is 0 Å². The van der Waals surface area contributed by atoms with E-state index in [1.807, 2.05) is 6.92 Å². The largest absolute Gasteiger partial charge is 0.464 e. The van der Waals surface area contributed by atoms with Crippen molar-refractivity contribution in [2.24, 2.45) is 5.73 Å². The fourth-order valence-electron chi connectivity index (χ4n) is 1.48. The van der Waals surface area contributed by atoms with Gasteiger partial charge in [0.2, 0.25) is 0 Å². The standard InChI is InChI=1S/C13H26N2O4/c1-3-5-10-19-13(17)15-11(8-6-7-9-14)12(16)18-4-2/h11H,3-10,14H2,1-2H3,(H,15,17)/t11-/m0/s1. The van der Waals surface area contributed by atoms with Crippen LogP contribution in [-0.4, -0.2) is 37.9 Å². The Kier molecular flexibility index (Phi) is 11.0. The van der Waals surface area contributed by atoms with Crippen molar-refractivity contribution in [1.82, 2.24) is 5.32 Å². The average molecular weight is 274 g/mol. The molecule has 0 fully saturated rings. The zero-order valence-electron chi connectivity index (χ0n) is 11.9. The molecule has 0 saturated carbocycles. The molecule has 19 heavy (non-hydrogen) atoms.